The summed E-state index contributed by atoms with van der Waals surface area (Å²) in [5.74, 6) is 4.93. The van der Waals surface area contributed by atoms with Gasteiger partial charge in [-0.05, 0) is 41.1 Å². The molecule has 1 aliphatic rings. The fourth-order valence-corrected chi connectivity index (χ4v) is 3.48. The van der Waals surface area contributed by atoms with Crippen molar-refractivity contribution in [3.63, 3.8) is 0 Å². The lowest BCUT2D eigenvalue weighted by atomic mass is 10.1. The van der Waals surface area contributed by atoms with Gasteiger partial charge < -0.3 is 0 Å². The van der Waals surface area contributed by atoms with Gasteiger partial charge in [0.1, 0.15) is 0 Å². The third-order valence-electron chi connectivity index (χ3n) is 3.61. The number of thiophene rings is 1. The van der Waals surface area contributed by atoms with Crippen LogP contribution >= 0.6 is 11.3 Å². The van der Waals surface area contributed by atoms with Gasteiger partial charge in [0.25, 0.3) is 5.91 Å². The molecule has 1 aromatic carbocycles. The highest BCUT2D eigenvalue weighted by molar-refractivity contribution is 7.10. The van der Waals surface area contributed by atoms with Crippen LogP contribution in [0.15, 0.2) is 35.7 Å². The number of hydrazine groups is 1. The summed E-state index contributed by atoms with van der Waals surface area (Å²) < 4.78 is 0. The predicted octanol–water partition coefficient (Wildman–Crippen LogP) is 1.91. The number of fused-ring (bicyclic) bond motifs is 1. The molecule has 0 bridgehead atoms. The van der Waals surface area contributed by atoms with Crippen molar-refractivity contribution in [3.8, 4) is 0 Å². The fraction of sp³-hybridized carbons (Fsp3) is 0.267. The van der Waals surface area contributed by atoms with Crippen LogP contribution in [0.1, 0.15) is 26.4 Å². The first-order valence-electron chi connectivity index (χ1n) is 6.64. The molecule has 0 spiro atoms. The van der Waals surface area contributed by atoms with Crippen molar-refractivity contribution in [3.05, 3.63) is 57.3 Å². The maximum atomic E-state index is 11.5. The van der Waals surface area contributed by atoms with E-state index in [1.165, 1.54) is 10.4 Å². The number of rotatable bonds is 3. The highest BCUT2D eigenvalue weighted by Gasteiger charge is 2.17. The van der Waals surface area contributed by atoms with E-state index in [0.717, 1.165) is 31.6 Å². The lowest BCUT2D eigenvalue weighted by molar-refractivity contribution is 0.0953. The molecular weight excluding hydrogens is 270 g/mol. The molecule has 1 amide bonds. The van der Waals surface area contributed by atoms with Crippen LogP contribution in [0.4, 0.5) is 0 Å². The summed E-state index contributed by atoms with van der Waals surface area (Å²) in [4.78, 5) is 15.5. The normalized spacial score (nSPS) is 14.8. The summed E-state index contributed by atoms with van der Waals surface area (Å²) in [5, 5.41) is 2.17. The summed E-state index contributed by atoms with van der Waals surface area (Å²) in [7, 11) is 0. The largest absolute Gasteiger partial charge is 0.294 e. The van der Waals surface area contributed by atoms with Crippen molar-refractivity contribution in [2.75, 3.05) is 6.54 Å². The first kappa shape index (κ1) is 13.3. The van der Waals surface area contributed by atoms with E-state index in [2.05, 4.69) is 27.8 Å². The molecule has 0 saturated heterocycles. The van der Waals surface area contributed by atoms with Crippen LogP contribution in [0.3, 0.4) is 0 Å². The molecule has 2 aromatic rings. The van der Waals surface area contributed by atoms with Gasteiger partial charge in [-0.2, -0.15) is 0 Å². The van der Waals surface area contributed by atoms with E-state index in [9.17, 15) is 4.79 Å². The number of hydrogen-bond donors (Lipinski definition) is 2. The van der Waals surface area contributed by atoms with E-state index < -0.39 is 0 Å². The van der Waals surface area contributed by atoms with E-state index in [4.69, 9.17) is 5.84 Å². The van der Waals surface area contributed by atoms with Crippen LogP contribution in [-0.4, -0.2) is 17.4 Å². The smallest absolute Gasteiger partial charge is 0.265 e. The second-order valence-electron chi connectivity index (χ2n) is 5.00. The molecule has 0 atom stereocenters. The Hall–Kier alpha value is -1.69. The van der Waals surface area contributed by atoms with Crippen LogP contribution < -0.4 is 11.3 Å². The number of nitrogens with zero attached hydrogens (tertiary/aromatic N) is 1. The first-order chi connectivity index (χ1) is 9.76. The zero-order valence-corrected chi connectivity index (χ0v) is 12.0. The Labute approximate surface area is 122 Å². The molecule has 0 unspecified atom stereocenters. The predicted molar refractivity (Wildman–Crippen MR) is 80.2 cm³/mol. The molecule has 0 radical (unpaired) electrons. The standard InChI is InChI=1S/C15H17N3OS/c16-17-15(19)12-3-1-2-11(8-12)9-18-6-4-14-13(10-18)5-7-20-14/h1-3,5,7-8H,4,6,9-10,16H2,(H,17,19). The van der Waals surface area contributed by atoms with Gasteiger partial charge in [0.15, 0.2) is 0 Å². The molecule has 5 heteroatoms. The van der Waals surface area contributed by atoms with Crippen LogP contribution in [0.5, 0.6) is 0 Å². The van der Waals surface area contributed by atoms with Crippen LogP contribution in [0, 0.1) is 0 Å². The summed E-state index contributed by atoms with van der Waals surface area (Å²) in [5.41, 5.74) is 5.37. The number of nitrogen functional groups attached to an aromatic ring is 1. The Morgan fingerprint density at radius 2 is 2.30 bits per heavy atom. The van der Waals surface area contributed by atoms with E-state index in [-0.39, 0.29) is 5.91 Å². The van der Waals surface area contributed by atoms with Crippen molar-refractivity contribution >= 4 is 17.2 Å². The Bertz CT molecular complexity index is 623. The number of nitrogens with two attached hydrogens (primary N) is 1. The second kappa shape index (κ2) is 5.75. The third-order valence-corrected chi connectivity index (χ3v) is 4.64. The fourth-order valence-electron chi connectivity index (χ4n) is 2.59. The van der Waals surface area contributed by atoms with Crippen LogP contribution in [0.2, 0.25) is 0 Å². The Balaban J connectivity index is 1.71. The van der Waals surface area contributed by atoms with Crippen molar-refractivity contribution in [1.82, 2.24) is 10.3 Å². The lowest BCUT2D eigenvalue weighted by Gasteiger charge is -2.26. The van der Waals surface area contributed by atoms with Gasteiger partial charge >= 0.3 is 0 Å². The quantitative estimate of drug-likeness (QED) is 0.515. The highest BCUT2D eigenvalue weighted by atomic mass is 32.1. The number of carbonyl (C=O) groups is 1. The van der Waals surface area contributed by atoms with Crippen molar-refractivity contribution in [1.29, 1.82) is 0 Å². The van der Waals surface area contributed by atoms with E-state index in [0.29, 0.717) is 5.56 Å². The van der Waals surface area contributed by atoms with Crippen molar-refractivity contribution in [2.45, 2.75) is 19.5 Å². The number of carbonyl (C=O) groups excluding carboxylic acids is 1. The Kier molecular flexibility index (Phi) is 3.82. The average molecular weight is 287 g/mol. The minimum absolute atomic E-state index is 0.245. The van der Waals surface area contributed by atoms with Crippen LogP contribution in [0.25, 0.3) is 0 Å². The maximum Gasteiger partial charge on any atom is 0.265 e. The minimum Gasteiger partial charge on any atom is -0.294 e. The van der Waals surface area contributed by atoms with Gasteiger partial charge in [-0.15, -0.1) is 11.3 Å². The number of amides is 1. The zero-order chi connectivity index (χ0) is 13.9. The second-order valence-corrected chi connectivity index (χ2v) is 6.00. The monoisotopic (exact) mass is 287 g/mol. The van der Waals surface area contributed by atoms with E-state index >= 15 is 0 Å². The zero-order valence-electron chi connectivity index (χ0n) is 11.1. The molecule has 3 rings (SSSR count). The lowest BCUT2D eigenvalue weighted by Crippen LogP contribution is -2.31. The van der Waals surface area contributed by atoms with Gasteiger partial charge in [0, 0.05) is 30.1 Å². The van der Waals surface area contributed by atoms with Gasteiger partial charge in [0.2, 0.25) is 0 Å². The van der Waals surface area contributed by atoms with Crippen molar-refractivity contribution < 1.29 is 4.79 Å². The Morgan fingerprint density at radius 3 is 3.15 bits per heavy atom. The molecular formula is C15H17N3OS. The SMILES string of the molecule is NNC(=O)c1cccc(CN2CCc3sccc3C2)c1. The maximum absolute atomic E-state index is 11.5. The topological polar surface area (TPSA) is 58.4 Å². The summed E-state index contributed by atoms with van der Waals surface area (Å²) in [6.45, 7) is 2.92. The highest BCUT2D eigenvalue weighted by Crippen LogP contribution is 2.25. The van der Waals surface area contributed by atoms with E-state index in [1.54, 1.807) is 6.07 Å². The van der Waals surface area contributed by atoms with Gasteiger partial charge in [-0.25, -0.2) is 5.84 Å². The average Bonchev–Trinajstić information content (AvgIpc) is 2.94. The molecule has 1 aromatic heterocycles. The molecule has 0 aliphatic carbocycles. The minimum atomic E-state index is -0.245. The molecule has 1 aliphatic heterocycles. The summed E-state index contributed by atoms with van der Waals surface area (Å²) in [6, 6.07) is 9.85. The van der Waals surface area contributed by atoms with E-state index in [1.807, 2.05) is 23.5 Å². The van der Waals surface area contributed by atoms with Gasteiger partial charge in [-0.3, -0.25) is 15.1 Å². The molecule has 0 saturated carbocycles. The molecule has 3 N–H and O–H groups in total. The van der Waals surface area contributed by atoms with Gasteiger partial charge in [0.05, 0.1) is 0 Å². The third kappa shape index (κ3) is 2.75. The van der Waals surface area contributed by atoms with Crippen molar-refractivity contribution in [2.24, 2.45) is 5.84 Å². The summed E-state index contributed by atoms with van der Waals surface area (Å²) in [6.07, 6.45) is 1.12. The number of nitrogens with one attached hydrogen (secondary N) is 1. The Morgan fingerprint density at radius 1 is 1.40 bits per heavy atom. The molecule has 104 valence electrons. The molecule has 4 nitrogen and oxygen atoms in total. The summed E-state index contributed by atoms with van der Waals surface area (Å²) >= 11 is 1.85. The first-order valence-corrected chi connectivity index (χ1v) is 7.51. The molecule has 20 heavy (non-hydrogen) atoms. The van der Waals surface area contributed by atoms with Gasteiger partial charge in [-0.1, -0.05) is 12.1 Å². The van der Waals surface area contributed by atoms with Crippen LogP contribution in [-0.2, 0) is 19.5 Å². The number of benzene rings is 1. The number of hydrogen-bond acceptors (Lipinski definition) is 4. The molecule has 2 heterocycles. The molecule has 0 fully saturated rings.